The van der Waals surface area contributed by atoms with Gasteiger partial charge in [0.15, 0.2) is 5.78 Å². The van der Waals surface area contributed by atoms with Gasteiger partial charge in [-0.15, -0.1) is 0 Å². The monoisotopic (exact) mass is 302 g/mol. The number of aromatic nitrogens is 1. The number of rotatable bonds is 4. The van der Waals surface area contributed by atoms with E-state index in [1.807, 2.05) is 19.9 Å². The van der Waals surface area contributed by atoms with E-state index in [-0.39, 0.29) is 23.7 Å². The molecular formula is C18H23FN2O. The molecule has 1 N–H and O–H groups in total. The number of hydrogen-bond acceptors (Lipinski definition) is 2. The van der Waals surface area contributed by atoms with E-state index >= 15 is 0 Å². The lowest BCUT2D eigenvalue weighted by atomic mass is 10.1. The van der Waals surface area contributed by atoms with E-state index in [0.29, 0.717) is 11.3 Å². The van der Waals surface area contributed by atoms with E-state index in [1.165, 1.54) is 6.07 Å². The fraction of sp³-hybridized carbons (Fsp3) is 0.389. The zero-order chi connectivity index (χ0) is 16.5. The van der Waals surface area contributed by atoms with E-state index in [9.17, 15) is 9.18 Å². The molecule has 0 aliphatic heterocycles. The Balaban J connectivity index is 2.19. The Labute approximate surface area is 131 Å². The summed E-state index contributed by atoms with van der Waals surface area (Å²) in [4.78, 5) is 12.4. The molecule has 0 saturated heterocycles. The van der Waals surface area contributed by atoms with Crippen molar-refractivity contribution in [3.63, 3.8) is 0 Å². The minimum absolute atomic E-state index is 0.0353. The first-order valence-electron chi connectivity index (χ1n) is 7.43. The first-order valence-corrected chi connectivity index (χ1v) is 7.43. The van der Waals surface area contributed by atoms with Crippen LogP contribution in [0.3, 0.4) is 0 Å². The van der Waals surface area contributed by atoms with Crippen LogP contribution in [0.25, 0.3) is 0 Å². The number of carbonyl (C=O) groups excluding carboxylic acids is 1. The van der Waals surface area contributed by atoms with Crippen molar-refractivity contribution < 1.29 is 9.18 Å². The van der Waals surface area contributed by atoms with E-state index in [4.69, 9.17) is 0 Å². The number of Topliss-reactive ketones (excluding diaryl/α,β-unsaturated/α-hetero) is 1. The molecule has 1 aromatic carbocycles. The third-order valence-corrected chi connectivity index (χ3v) is 3.72. The number of nitrogens with one attached hydrogen (secondary N) is 1. The number of carbonyl (C=O) groups is 1. The smallest absolute Gasteiger partial charge is 0.183 e. The van der Waals surface area contributed by atoms with Gasteiger partial charge in [0.1, 0.15) is 5.82 Å². The van der Waals surface area contributed by atoms with Gasteiger partial charge >= 0.3 is 0 Å². The quantitative estimate of drug-likeness (QED) is 0.855. The fourth-order valence-corrected chi connectivity index (χ4v) is 2.95. The first kappa shape index (κ1) is 16.3. The molecule has 0 unspecified atom stereocenters. The summed E-state index contributed by atoms with van der Waals surface area (Å²) in [5.41, 5.74) is 2.97. The fourth-order valence-electron chi connectivity index (χ4n) is 2.95. The van der Waals surface area contributed by atoms with Crippen molar-refractivity contribution in [2.24, 2.45) is 0 Å². The highest BCUT2D eigenvalue weighted by Crippen LogP contribution is 2.25. The minimum atomic E-state index is -0.351. The Bertz CT molecular complexity index is 696. The van der Waals surface area contributed by atoms with Gasteiger partial charge < -0.3 is 9.88 Å². The zero-order valence-electron chi connectivity index (χ0n) is 13.8. The molecule has 0 fully saturated rings. The second-order valence-electron chi connectivity index (χ2n) is 6.55. The molecule has 22 heavy (non-hydrogen) atoms. The Morgan fingerprint density at radius 1 is 1.23 bits per heavy atom. The molecule has 0 amide bonds. The van der Waals surface area contributed by atoms with Crippen LogP contribution in [0.15, 0.2) is 30.3 Å². The third kappa shape index (κ3) is 3.21. The molecule has 2 rings (SSSR count). The van der Waals surface area contributed by atoms with Crippen LogP contribution in [0, 0.1) is 19.7 Å². The predicted molar refractivity (Wildman–Crippen MR) is 88.1 cm³/mol. The Morgan fingerprint density at radius 2 is 1.86 bits per heavy atom. The van der Waals surface area contributed by atoms with Crippen LogP contribution in [0.1, 0.15) is 42.5 Å². The highest BCUT2D eigenvalue weighted by Gasteiger charge is 2.22. The largest absolute Gasteiger partial charge is 0.375 e. The van der Waals surface area contributed by atoms with E-state index in [0.717, 1.165) is 11.4 Å². The maximum absolute atomic E-state index is 13.6. The lowest BCUT2D eigenvalue weighted by molar-refractivity contribution is 0.100. The highest BCUT2D eigenvalue weighted by atomic mass is 19.1. The van der Waals surface area contributed by atoms with Gasteiger partial charge in [0.05, 0.1) is 12.2 Å². The summed E-state index contributed by atoms with van der Waals surface area (Å²) in [5, 5.41) is 2.87. The average Bonchev–Trinajstić information content (AvgIpc) is 2.72. The van der Waals surface area contributed by atoms with Crippen LogP contribution >= 0.6 is 0 Å². The van der Waals surface area contributed by atoms with Crippen LogP contribution in [-0.4, -0.2) is 16.9 Å². The molecule has 1 heterocycles. The second kappa shape index (κ2) is 5.95. The summed E-state index contributed by atoms with van der Waals surface area (Å²) in [6, 6.07) is 8.27. The van der Waals surface area contributed by atoms with Gasteiger partial charge in [-0.25, -0.2) is 4.39 Å². The molecule has 0 spiro atoms. The summed E-state index contributed by atoms with van der Waals surface area (Å²) in [7, 11) is 0. The lowest BCUT2D eigenvalue weighted by Gasteiger charge is -2.25. The van der Waals surface area contributed by atoms with Gasteiger partial charge in [-0.3, -0.25) is 4.79 Å². The lowest BCUT2D eigenvalue weighted by Crippen LogP contribution is -2.24. The van der Waals surface area contributed by atoms with Crippen LogP contribution in [0.5, 0.6) is 0 Å². The van der Waals surface area contributed by atoms with E-state index < -0.39 is 0 Å². The van der Waals surface area contributed by atoms with Gasteiger partial charge in [0.25, 0.3) is 0 Å². The van der Waals surface area contributed by atoms with Crippen molar-refractivity contribution in [1.29, 1.82) is 0 Å². The maximum atomic E-state index is 13.6. The number of halogens is 1. The summed E-state index contributed by atoms with van der Waals surface area (Å²) in [6.07, 6.45) is 0. The maximum Gasteiger partial charge on any atom is 0.183 e. The average molecular weight is 302 g/mol. The summed E-state index contributed by atoms with van der Waals surface area (Å²) in [5.74, 6) is -0.387. The normalized spacial score (nSPS) is 11.5. The SMILES string of the molecule is Cc1cc(C(=O)CNc2ccccc2F)c(C)n1C(C)(C)C. The standard InChI is InChI=1S/C18H23FN2O/c1-12-10-14(13(2)21(12)18(3,4)5)17(22)11-20-16-9-7-6-8-15(16)19/h6-10,20H,11H2,1-5H3. The van der Waals surface area contributed by atoms with Crippen LogP contribution in [0.2, 0.25) is 0 Å². The van der Waals surface area contributed by atoms with Gasteiger partial charge in [-0.05, 0) is 52.8 Å². The molecule has 0 aliphatic rings. The number of benzene rings is 1. The molecule has 0 radical (unpaired) electrons. The minimum Gasteiger partial charge on any atom is -0.375 e. The number of nitrogens with zero attached hydrogens (tertiary/aromatic N) is 1. The van der Waals surface area contributed by atoms with E-state index in [1.54, 1.807) is 18.2 Å². The molecule has 3 nitrogen and oxygen atoms in total. The molecular weight excluding hydrogens is 279 g/mol. The van der Waals surface area contributed by atoms with E-state index in [2.05, 4.69) is 30.7 Å². The second-order valence-corrected chi connectivity index (χ2v) is 6.55. The molecule has 1 aromatic heterocycles. The van der Waals surface area contributed by atoms with Gasteiger partial charge in [-0.1, -0.05) is 12.1 Å². The van der Waals surface area contributed by atoms with Crippen molar-refractivity contribution in [3.05, 3.63) is 53.1 Å². The molecule has 0 atom stereocenters. The van der Waals surface area contributed by atoms with Crippen molar-refractivity contribution in [2.45, 2.75) is 40.2 Å². The summed E-state index contributed by atoms with van der Waals surface area (Å²) >= 11 is 0. The molecule has 2 aromatic rings. The predicted octanol–water partition coefficient (Wildman–Crippen LogP) is 4.29. The van der Waals surface area contributed by atoms with Crippen LogP contribution < -0.4 is 5.32 Å². The van der Waals surface area contributed by atoms with Gasteiger partial charge in [-0.2, -0.15) is 0 Å². The van der Waals surface area contributed by atoms with Crippen molar-refractivity contribution in [3.8, 4) is 0 Å². The topological polar surface area (TPSA) is 34.0 Å². The first-order chi connectivity index (χ1) is 10.2. The van der Waals surface area contributed by atoms with Crippen LogP contribution in [-0.2, 0) is 5.54 Å². The van der Waals surface area contributed by atoms with Crippen molar-refractivity contribution in [1.82, 2.24) is 4.57 Å². The zero-order valence-corrected chi connectivity index (χ0v) is 13.8. The number of hydrogen-bond donors (Lipinski definition) is 1. The van der Waals surface area contributed by atoms with Crippen molar-refractivity contribution in [2.75, 3.05) is 11.9 Å². The molecule has 0 bridgehead atoms. The summed E-state index contributed by atoms with van der Waals surface area (Å²) in [6.45, 7) is 10.4. The Kier molecular flexibility index (Phi) is 4.40. The molecule has 118 valence electrons. The summed E-state index contributed by atoms with van der Waals surface area (Å²) < 4.78 is 15.7. The molecule has 0 aliphatic carbocycles. The number of aryl methyl sites for hydroxylation is 1. The Hall–Kier alpha value is -2.10. The van der Waals surface area contributed by atoms with Gasteiger partial charge in [0, 0.05) is 22.5 Å². The molecule has 4 heteroatoms. The third-order valence-electron chi connectivity index (χ3n) is 3.72. The van der Waals surface area contributed by atoms with Crippen LogP contribution in [0.4, 0.5) is 10.1 Å². The Morgan fingerprint density at radius 3 is 2.41 bits per heavy atom. The highest BCUT2D eigenvalue weighted by molar-refractivity contribution is 6.00. The van der Waals surface area contributed by atoms with Gasteiger partial charge in [0.2, 0.25) is 0 Å². The number of anilines is 1. The molecule has 0 saturated carbocycles. The number of ketones is 1. The number of para-hydroxylation sites is 1. The van der Waals surface area contributed by atoms with Crippen molar-refractivity contribution >= 4 is 11.5 Å².